The Kier molecular flexibility index (Phi) is 6.03. The summed E-state index contributed by atoms with van der Waals surface area (Å²) >= 11 is 0. The van der Waals surface area contributed by atoms with E-state index in [1.165, 1.54) is 0 Å². The highest BCUT2D eigenvalue weighted by Crippen LogP contribution is 2.16. The van der Waals surface area contributed by atoms with E-state index in [1.807, 2.05) is 31.2 Å². The van der Waals surface area contributed by atoms with Crippen molar-refractivity contribution in [2.24, 2.45) is 0 Å². The van der Waals surface area contributed by atoms with Gasteiger partial charge in [-0.15, -0.1) is 0 Å². The quantitative estimate of drug-likeness (QED) is 0.839. The Morgan fingerprint density at radius 2 is 2.19 bits per heavy atom. The second kappa shape index (κ2) is 8.64. The molecule has 1 aliphatic rings. The van der Waals surface area contributed by atoms with Gasteiger partial charge in [0.1, 0.15) is 12.4 Å². The van der Waals surface area contributed by atoms with Crippen LogP contribution in [0.1, 0.15) is 28.0 Å². The Labute approximate surface area is 157 Å². The molecule has 0 radical (unpaired) electrons. The number of benzene rings is 1. The van der Waals surface area contributed by atoms with E-state index >= 15 is 0 Å². The van der Waals surface area contributed by atoms with Crippen molar-refractivity contribution < 1.29 is 24.2 Å². The van der Waals surface area contributed by atoms with Crippen molar-refractivity contribution in [3.8, 4) is 5.75 Å². The number of aromatic nitrogens is 1. The number of carbonyl (C=O) groups excluding carboxylic acids is 1. The van der Waals surface area contributed by atoms with Gasteiger partial charge in [0.2, 0.25) is 0 Å². The summed E-state index contributed by atoms with van der Waals surface area (Å²) in [5, 5.41) is 8.91. The van der Waals surface area contributed by atoms with Crippen molar-refractivity contribution in [2.75, 3.05) is 19.7 Å². The highest BCUT2D eigenvalue weighted by molar-refractivity contribution is 5.94. The Morgan fingerprint density at radius 3 is 2.93 bits per heavy atom. The molecule has 1 aromatic heterocycles. The maximum Gasteiger partial charge on any atom is 0.306 e. The van der Waals surface area contributed by atoms with Gasteiger partial charge in [-0.25, -0.2) is 0 Å². The summed E-state index contributed by atoms with van der Waals surface area (Å²) in [5.41, 5.74) is 2.34. The van der Waals surface area contributed by atoms with E-state index in [0.717, 1.165) is 11.3 Å². The van der Waals surface area contributed by atoms with Crippen molar-refractivity contribution in [2.45, 2.75) is 26.1 Å². The molecular weight excluding hydrogens is 348 g/mol. The Hall–Kier alpha value is -2.93. The highest BCUT2D eigenvalue weighted by atomic mass is 16.5. The number of pyridine rings is 1. The number of hydrogen-bond donors (Lipinski definition) is 1. The Morgan fingerprint density at radius 1 is 1.33 bits per heavy atom. The molecule has 0 aliphatic carbocycles. The second-order valence-electron chi connectivity index (χ2n) is 6.47. The van der Waals surface area contributed by atoms with E-state index < -0.39 is 12.1 Å². The molecule has 2 aromatic rings. The minimum absolute atomic E-state index is 0.109. The zero-order chi connectivity index (χ0) is 19.2. The molecule has 7 nitrogen and oxygen atoms in total. The summed E-state index contributed by atoms with van der Waals surface area (Å²) < 4.78 is 11.1. The van der Waals surface area contributed by atoms with Gasteiger partial charge < -0.3 is 19.5 Å². The third-order valence-corrected chi connectivity index (χ3v) is 4.29. The maximum absolute atomic E-state index is 12.8. The topological polar surface area (TPSA) is 89.0 Å². The van der Waals surface area contributed by atoms with Crippen molar-refractivity contribution in [1.29, 1.82) is 0 Å². The van der Waals surface area contributed by atoms with Gasteiger partial charge in [-0.1, -0.05) is 12.1 Å². The number of morpholine rings is 1. The fourth-order valence-electron chi connectivity index (χ4n) is 2.91. The first-order valence-electron chi connectivity index (χ1n) is 8.78. The number of carboxylic acid groups (broad SMARTS) is 1. The van der Waals surface area contributed by atoms with E-state index in [-0.39, 0.29) is 18.9 Å². The van der Waals surface area contributed by atoms with Crippen molar-refractivity contribution in [1.82, 2.24) is 9.88 Å². The highest BCUT2D eigenvalue weighted by Gasteiger charge is 2.26. The molecular formula is C20H22N2O5. The van der Waals surface area contributed by atoms with Crippen LogP contribution >= 0.6 is 0 Å². The van der Waals surface area contributed by atoms with Crippen molar-refractivity contribution >= 4 is 11.9 Å². The van der Waals surface area contributed by atoms with Crippen LogP contribution in [0.15, 0.2) is 42.6 Å². The fourth-order valence-corrected chi connectivity index (χ4v) is 2.91. The molecule has 1 aliphatic heterocycles. The molecule has 0 bridgehead atoms. The molecule has 27 heavy (non-hydrogen) atoms. The van der Waals surface area contributed by atoms with E-state index in [2.05, 4.69) is 4.98 Å². The van der Waals surface area contributed by atoms with Gasteiger partial charge in [-0.2, -0.15) is 0 Å². The third kappa shape index (κ3) is 5.27. The zero-order valence-corrected chi connectivity index (χ0v) is 15.1. The molecule has 1 amide bonds. The van der Waals surface area contributed by atoms with Gasteiger partial charge in [0.05, 0.1) is 25.3 Å². The van der Waals surface area contributed by atoms with Crippen LogP contribution in [0.5, 0.6) is 5.75 Å². The minimum atomic E-state index is -0.931. The second-order valence-corrected chi connectivity index (χ2v) is 6.47. The average molecular weight is 370 g/mol. The van der Waals surface area contributed by atoms with Crippen molar-refractivity contribution in [3.63, 3.8) is 0 Å². The molecule has 3 rings (SSSR count). The summed E-state index contributed by atoms with van der Waals surface area (Å²) in [5.74, 6) is -0.395. The number of aryl methyl sites for hydroxylation is 1. The molecule has 1 aromatic carbocycles. The minimum Gasteiger partial charge on any atom is -0.487 e. The van der Waals surface area contributed by atoms with Crippen LogP contribution in [0.4, 0.5) is 0 Å². The third-order valence-electron chi connectivity index (χ3n) is 4.29. The molecule has 1 unspecified atom stereocenters. The largest absolute Gasteiger partial charge is 0.487 e. The van der Waals surface area contributed by atoms with Gasteiger partial charge in [0.25, 0.3) is 5.91 Å². The van der Waals surface area contributed by atoms with Gasteiger partial charge >= 0.3 is 5.97 Å². The molecule has 1 saturated heterocycles. The van der Waals surface area contributed by atoms with Gasteiger partial charge in [0.15, 0.2) is 0 Å². The van der Waals surface area contributed by atoms with E-state index in [0.29, 0.717) is 31.1 Å². The lowest BCUT2D eigenvalue weighted by molar-refractivity contribution is -0.141. The predicted molar refractivity (Wildman–Crippen MR) is 97.6 cm³/mol. The summed E-state index contributed by atoms with van der Waals surface area (Å²) in [4.78, 5) is 29.5. The number of rotatable bonds is 6. The van der Waals surface area contributed by atoms with Crippen LogP contribution in [0.3, 0.4) is 0 Å². The van der Waals surface area contributed by atoms with E-state index in [1.54, 1.807) is 23.2 Å². The average Bonchev–Trinajstić information content (AvgIpc) is 2.67. The first-order chi connectivity index (χ1) is 13.0. The normalized spacial score (nSPS) is 16.8. The molecule has 1 N–H and O–H groups in total. The molecule has 7 heteroatoms. The monoisotopic (exact) mass is 370 g/mol. The number of carbonyl (C=O) groups is 2. The lowest BCUT2D eigenvalue weighted by Crippen LogP contribution is -2.46. The Balaban J connectivity index is 1.62. The molecule has 1 atom stereocenters. The summed E-state index contributed by atoms with van der Waals surface area (Å²) in [7, 11) is 0. The van der Waals surface area contributed by atoms with E-state index in [9.17, 15) is 9.59 Å². The van der Waals surface area contributed by atoms with Gasteiger partial charge in [-0.3, -0.25) is 14.6 Å². The van der Waals surface area contributed by atoms with Crippen LogP contribution in [-0.2, 0) is 16.1 Å². The molecule has 142 valence electrons. The van der Waals surface area contributed by atoms with Crippen LogP contribution in [0.25, 0.3) is 0 Å². The smallest absolute Gasteiger partial charge is 0.306 e. The number of hydrogen-bond acceptors (Lipinski definition) is 5. The zero-order valence-electron chi connectivity index (χ0n) is 15.1. The molecule has 0 spiro atoms. The number of nitrogens with zero attached hydrogens (tertiary/aromatic N) is 2. The first-order valence-corrected chi connectivity index (χ1v) is 8.78. The van der Waals surface area contributed by atoms with Crippen LogP contribution in [0.2, 0.25) is 0 Å². The van der Waals surface area contributed by atoms with Crippen molar-refractivity contribution in [3.05, 3.63) is 59.4 Å². The maximum atomic E-state index is 12.8. The molecule has 0 saturated carbocycles. The van der Waals surface area contributed by atoms with E-state index in [4.69, 9.17) is 14.6 Å². The van der Waals surface area contributed by atoms with Crippen LogP contribution < -0.4 is 4.74 Å². The van der Waals surface area contributed by atoms with Gasteiger partial charge in [0, 0.05) is 24.3 Å². The van der Waals surface area contributed by atoms with Crippen LogP contribution in [0, 0.1) is 6.92 Å². The van der Waals surface area contributed by atoms with Gasteiger partial charge in [-0.05, 0) is 36.8 Å². The first kappa shape index (κ1) is 18.8. The fraction of sp³-hybridized carbons (Fsp3) is 0.350. The number of aliphatic carboxylic acids is 1. The lowest BCUT2D eigenvalue weighted by Gasteiger charge is -2.32. The standard InChI is InChI=1S/C20H22N2O5/c1-14-5-6-17(11-21-14)27-13-15-3-2-4-16(9-15)20(25)22-7-8-26-18(12-22)10-19(23)24/h2-6,9,11,18H,7-8,10,12-13H2,1H3,(H,23,24). The Bertz CT molecular complexity index is 806. The number of ether oxygens (including phenoxy) is 2. The molecule has 1 fully saturated rings. The summed E-state index contributed by atoms with van der Waals surface area (Å²) in [6, 6.07) is 11.0. The molecule has 2 heterocycles. The predicted octanol–water partition coefficient (Wildman–Crippen LogP) is 2.28. The summed E-state index contributed by atoms with van der Waals surface area (Å²) in [6.07, 6.45) is 1.09. The number of carboxylic acids is 1. The lowest BCUT2D eigenvalue weighted by atomic mass is 10.1. The van der Waals surface area contributed by atoms with Crippen LogP contribution in [-0.4, -0.2) is 52.7 Å². The SMILES string of the molecule is Cc1ccc(OCc2cccc(C(=O)N3CCOC(CC(=O)O)C3)c2)cn1. The number of amides is 1. The summed E-state index contributed by atoms with van der Waals surface area (Å²) in [6.45, 7) is 3.31.